The van der Waals surface area contributed by atoms with Crippen LogP contribution in [0.3, 0.4) is 0 Å². The predicted octanol–water partition coefficient (Wildman–Crippen LogP) is 1.41. The molecular weight excluding hydrogens is 282 g/mol. The minimum Gasteiger partial charge on any atom is -0.482 e. The maximum atomic E-state index is 12.0. The molecule has 1 aliphatic rings. The maximum absolute atomic E-state index is 12.0. The normalized spacial score (nSPS) is 14.2. The molecule has 2 rings (SSSR count). The third kappa shape index (κ3) is 4.13. The SMILES string of the molecule is CC(C)NC(=O)c1ccc(N)c(OCC(=O)N2CCCC2)c1. The van der Waals surface area contributed by atoms with Crippen LogP contribution in [-0.4, -0.2) is 42.5 Å². The second-order valence-corrected chi connectivity index (χ2v) is 5.76. The summed E-state index contributed by atoms with van der Waals surface area (Å²) >= 11 is 0. The Morgan fingerprint density at radius 2 is 2.00 bits per heavy atom. The van der Waals surface area contributed by atoms with Crippen molar-refractivity contribution >= 4 is 17.5 Å². The fourth-order valence-corrected chi connectivity index (χ4v) is 2.34. The molecule has 0 bridgehead atoms. The van der Waals surface area contributed by atoms with Crippen molar-refractivity contribution in [3.05, 3.63) is 23.8 Å². The van der Waals surface area contributed by atoms with Crippen LogP contribution < -0.4 is 15.8 Å². The Labute approximate surface area is 130 Å². The molecule has 0 saturated carbocycles. The number of amides is 2. The minimum atomic E-state index is -0.189. The molecule has 22 heavy (non-hydrogen) atoms. The predicted molar refractivity (Wildman–Crippen MR) is 84.8 cm³/mol. The van der Waals surface area contributed by atoms with Crippen LogP contribution in [0.25, 0.3) is 0 Å². The molecule has 1 saturated heterocycles. The van der Waals surface area contributed by atoms with E-state index in [1.54, 1.807) is 23.1 Å². The summed E-state index contributed by atoms with van der Waals surface area (Å²) in [5.74, 6) is 0.128. The number of hydrogen-bond acceptors (Lipinski definition) is 4. The summed E-state index contributed by atoms with van der Waals surface area (Å²) in [6, 6.07) is 4.88. The standard InChI is InChI=1S/C16H23N3O3/c1-11(2)18-16(21)12-5-6-13(17)14(9-12)22-10-15(20)19-7-3-4-8-19/h5-6,9,11H,3-4,7-8,10,17H2,1-2H3,(H,18,21). The van der Waals surface area contributed by atoms with Crippen molar-refractivity contribution in [2.45, 2.75) is 32.7 Å². The number of anilines is 1. The van der Waals surface area contributed by atoms with Crippen LogP contribution in [-0.2, 0) is 4.79 Å². The fourth-order valence-electron chi connectivity index (χ4n) is 2.34. The first-order valence-corrected chi connectivity index (χ1v) is 7.58. The van der Waals surface area contributed by atoms with Crippen molar-refractivity contribution in [1.82, 2.24) is 10.2 Å². The fraction of sp³-hybridized carbons (Fsp3) is 0.500. The average Bonchev–Trinajstić information content (AvgIpc) is 2.99. The first-order valence-electron chi connectivity index (χ1n) is 7.58. The van der Waals surface area contributed by atoms with Gasteiger partial charge in [-0.05, 0) is 44.9 Å². The highest BCUT2D eigenvalue weighted by Crippen LogP contribution is 2.23. The van der Waals surface area contributed by atoms with E-state index in [1.165, 1.54) is 0 Å². The van der Waals surface area contributed by atoms with E-state index >= 15 is 0 Å². The van der Waals surface area contributed by atoms with Gasteiger partial charge in [-0.2, -0.15) is 0 Å². The molecule has 0 unspecified atom stereocenters. The molecule has 0 radical (unpaired) electrons. The molecule has 6 nitrogen and oxygen atoms in total. The molecule has 1 aliphatic heterocycles. The summed E-state index contributed by atoms with van der Waals surface area (Å²) in [6.07, 6.45) is 2.08. The highest BCUT2D eigenvalue weighted by Gasteiger charge is 2.19. The average molecular weight is 305 g/mol. The Morgan fingerprint density at radius 1 is 1.32 bits per heavy atom. The van der Waals surface area contributed by atoms with E-state index in [4.69, 9.17) is 10.5 Å². The van der Waals surface area contributed by atoms with Gasteiger partial charge in [0.15, 0.2) is 6.61 Å². The molecule has 1 heterocycles. The second-order valence-electron chi connectivity index (χ2n) is 5.76. The number of hydrogen-bond donors (Lipinski definition) is 2. The zero-order chi connectivity index (χ0) is 16.1. The van der Waals surface area contributed by atoms with Gasteiger partial charge in [0, 0.05) is 24.7 Å². The van der Waals surface area contributed by atoms with Gasteiger partial charge in [0.1, 0.15) is 5.75 Å². The number of carbonyl (C=O) groups excluding carboxylic acids is 2. The van der Waals surface area contributed by atoms with Gasteiger partial charge in [0.2, 0.25) is 0 Å². The Bertz CT molecular complexity index is 552. The van der Waals surface area contributed by atoms with E-state index in [9.17, 15) is 9.59 Å². The highest BCUT2D eigenvalue weighted by atomic mass is 16.5. The molecule has 2 amide bonds. The maximum Gasteiger partial charge on any atom is 0.260 e. The number of rotatable bonds is 5. The summed E-state index contributed by atoms with van der Waals surface area (Å²) in [6.45, 7) is 5.30. The van der Waals surface area contributed by atoms with Gasteiger partial charge in [-0.15, -0.1) is 0 Å². The highest BCUT2D eigenvalue weighted by molar-refractivity contribution is 5.95. The molecule has 3 N–H and O–H groups in total. The third-order valence-corrected chi connectivity index (χ3v) is 3.51. The van der Waals surface area contributed by atoms with E-state index in [0.29, 0.717) is 17.0 Å². The largest absolute Gasteiger partial charge is 0.482 e. The molecule has 120 valence electrons. The first-order chi connectivity index (χ1) is 10.5. The zero-order valence-corrected chi connectivity index (χ0v) is 13.1. The molecule has 1 fully saturated rings. The van der Waals surface area contributed by atoms with Gasteiger partial charge >= 0.3 is 0 Å². The Kier molecular flexibility index (Phi) is 5.25. The summed E-state index contributed by atoms with van der Waals surface area (Å²) in [5.41, 5.74) is 6.73. The number of likely N-dealkylation sites (tertiary alicyclic amines) is 1. The molecular formula is C16H23N3O3. The van der Waals surface area contributed by atoms with Gasteiger partial charge in [-0.3, -0.25) is 9.59 Å². The van der Waals surface area contributed by atoms with E-state index in [1.807, 2.05) is 13.8 Å². The monoisotopic (exact) mass is 305 g/mol. The van der Waals surface area contributed by atoms with Crippen LogP contribution in [0.4, 0.5) is 5.69 Å². The van der Waals surface area contributed by atoms with Crippen LogP contribution in [0.15, 0.2) is 18.2 Å². The van der Waals surface area contributed by atoms with Gasteiger partial charge < -0.3 is 20.7 Å². The van der Waals surface area contributed by atoms with Crippen molar-refractivity contribution in [3.63, 3.8) is 0 Å². The number of nitrogens with one attached hydrogen (secondary N) is 1. The van der Waals surface area contributed by atoms with E-state index < -0.39 is 0 Å². The Morgan fingerprint density at radius 3 is 2.64 bits per heavy atom. The van der Waals surface area contributed by atoms with E-state index in [-0.39, 0.29) is 24.5 Å². The lowest BCUT2D eigenvalue weighted by molar-refractivity contribution is -0.132. The second kappa shape index (κ2) is 7.15. The van der Waals surface area contributed by atoms with Gasteiger partial charge in [-0.1, -0.05) is 0 Å². The van der Waals surface area contributed by atoms with Crippen LogP contribution in [0.5, 0.6) is 5.75 Å². The van der Waals surface area contributed by atoms with Gasteiger partial charge in [0.05, 0.1) is 5.69 Å². The van der Waals surface area contributed by atoms with E-state index in [0.717, 1.165) is 25.9 Å². The molecule has 0 atom stereocenters. The molecule has 1 aromatic rings. The van der Waals surface area contributed by atoms with Crippen molar-refractivity contribution in [2.75, 3.05) is 25.4 Å². The molecule has 0 aliphatic carbocycles. The number of carbonyl (C=O) groups is 2. The zero-order valence-electron chi connectivity index (χ0n) is 13.1. The Balaban J connectivity index is 2.00. The Hall–Kier alpha value is -2.24. The van der Waals surface area contributed by atoms with Gasteiger partial charge in [0.25, 0.3) is 11.8 Å². The van der Waals surface area contributed by atoms with E-state index in [2.05, 4.69) is 5.32 Å². The third-order valence-electron chi connectivity index (χ3n) is 3.51. The first kappa shape index (κ1) is 16.1. The summed E-state index contributed by atoms with van der Waals surface area (Å²) in [4.78, 5) is 25.7. The minimum absolute atomic E-state index is 0.0473. The molecule has 1 aromatic carbocycles. The summed E-state index contributed by atoms with van der Waals surface area (Å²) in [7, 11) is 0. The smallest absolute Gasteiger partial charge is 0.260 e. The molecule has 6 heteroatoms. The number of ether oxygens (including phenoxy) is 1. The quantitative estimate of drug-likeness (QED) is 0.806. The summed E-state index contributed by atoms with van der Waals surface area (Å²) < 4.78 is 5.51. The topological polar surface area (TPSA) is 84.7 Å². The van der Waals surface area contributed by atoms with Crippen molar-refractivity contribution in [3.8, 4) is 5.75 Å². The lowest BCUT2D eigenvalue weighted by atomic mass is 10.1. The van der Waals surface area contributed by atoms with Crippen LogP contribution in [0.2, 0.25) is 0 Å². The van der Waals surface area contributed by atoms with Crippen LogP contribution in [0, 0.1) is 0 Å². The molecule has 0 aromatic heterocycles. The number of nitrogens with zero attached hydrogens (tertiary/aromatic N) is 1. The van der Waals surface area contributed by atoms with Crippen molar-refractivity contribution < 1.29 is 14.3 Å². The van der Waals surface area contributed by atoms with Crippen molar-refractivity contribution in [1.29, 1.82) is 0 Å². The lowest BCUT2D eigenvalue weighted by Gasteiger charge is -2.16. The number of nitrogens with two attached hydrogens (primary N) is 1. The van der Waals surface area contributed by atoms with Gasteiger partial charge in [-0.25, -0.2) is 0 Å². The lowest BCUT2D eigenvalue weighted by Crippen LogP contribution is -2.32. The van der Waals surface area contributed by atoms with Crippen LogP contribution >= 0.6 is 0 Å². The van der Waals surface area contributed by atoms with Crippen LogP contribution in [0.1, 0.15) is 37.0 Å². The number of nitrogen functional groups attached to an aromatic ring is 1. The number of benzene rings is 1. The van der Waals surface area contributed by atoms with Crippen molar-refractivity contribution in [2.24, 2.45) is 0 Å². The summed E-state index contributed by atoms with van der Waals surface area (Å²) in [5, 5.41) is 2.80. The molecule has 0 spiro atoms.